The molecule has 3 aliphatic heterocycles. The predicted molar refractivity (Wildman–Crippen MR) is 125 cm³/mol. The predicted octanol–water partition coefficient (Wildman–Crippen LogP) is 2.45. The van der Waals surface area contributed by atoms with Crippen molar-refractivity contribution in [1.82, 2.24) is 19.5 Å². The minimum absolute atomic E-state index is 0.0902. The molecule has 1 amide bonds. The molecule has 35 heavy (non-hydrogen) atoms. The number of rotatable bonds is 3. The van der Waals surface area contributed by atoms with Crippen LogP contribution in [0.1, 0.15) is 46.9 Å². The van der Waals surface area contributed by atoms with Gasteiger partial charge in [-0.3, -0.25) is 4.79 Å². The molecule has 3 aliphatic rings. The molecule has 180 valence electrons. The third-order valence-electron chi connectivity index (χ3n) is 7.11. The van der Waals surface area contributed by atoms with Crippen LogP contribution in [0.15, 0.2) is 30.5 Å². The Morgan fingerprint density at radius 3 is 2.97 bits per heavy atom. The lowest BCUT2D eigenvalue weighted by Gasteiger charge is -2.35. The van der Waals surface area contributed by atoms with Gasteiger partial charge in [-0.1, -0.05) is 6.07 Å². The van der Waals surface area contributed by atoms with Gasteiger partial charge >= 0.3 is 0 Å². The molecule has 0 bridgehead atoms. The van der Waals surface area contributed by atoms with Gasteiger partial charge in [0.1, 0.15) is 5.82 Å². The summed E-state index contributed by atoms with van der Waals surface area (Å²) in [7, 11) is 0. The number of anilines is 1. The molecule has 0 aliphatic carbocycles. The van der Waals surface area contributed by atoms with Crippen molar-refractivity contribution in [3.05, 3.63) is 47.3 Å². The summed E-state index contributed by atoms with van der Waals surface area (Å²) in [5, 5.41) is 24.2. The maximum Gasteiger partial charge on any atom is 0.258 e. The number of carbonyl (C=O) groups excluding carboxylic acids is 1. The number of aliphatic hydroxyl groups excluding tert-OH is 1. The maximum atomic E-state index is 13.6. The Kier molecular flexibility index (Phi) is 5.22. The molecule has 3 atom stereocenters. The summed E-state index contributed by atoms with van der Waals surface area (Å²) in [6, 6.07) is 9.33. The minimum Gasteiger partial charge on any atom is -0.454 e. The van der Waals surface area contributed by atoms with E-state index >= 15 is 0 Å². The molecule has 0 radical (unpaired) electrons. The molecule has 0 saturated carbocycles. The number of nitrogens with zero attached hydrogens (tertiary/aromatic N) is 6. The molecular formula is C25H26N6O4. The summed E-state index contributed by atoms with van der Waals surface area (Å²) in [4.78, 5) is 22.3. The van der Waals surface area contributed by atoms with E-state index in [4.69, 9.17) is 19.6 Å². The highest BCUT2D eigenvalue weighted by Crippen LogP contribution is 2.39. The van der Waals surface area contributed by atoms with Gasteiger partial charge in [0.05, 0.1) is 35.4 Å². The molecule has 2 aromatic heterocycles. The summed E-state index contributed by atoms with van der Waals surface area (Å²) in [5.74, 6) is 1.32. The van der Waals surface area contributed by atoms with Crippen molar-refractivity contribution in [2.75, 3.05) is 31.3 Å². The number of hydrogen-bond acceptors (Lipinski definition) is 8. The summed E-state index contributed by atoms with van der Waals surface area (Å²) >= 11 is 0. The fraction of sp³-hybridized carbons (Fsp3) is 0.440. The first-order valence-corrected chi connectivity index (χ1v) is 11.9. The molecule has 3 unspecified atom stereocenters. The number of aryl methyl sites for hydroxylation is 1. The Hall–Kier alpha value is -3.84. The van der Waals surface area contributed by atoms with Gasteiger partial charge in [-0.05, 0) is 38.3 Å². The molecule has 3 aromatic rings. The van der Waals surface area contributed by atoms with Crippen LogP contribution in [0.2, 0.25) is 0 Å². The molecule has 6 rings (SSSR count). The lowest BCUT2D eigenvalue weighted by molar-refractivity contribution is 0.0601. The average molecular weight is 475 g/mol. The summed E-state index contributed by atoms with van der Waals surface area (Å²) in [6.45, 7) is 3.53. The van der Waals surface area contributed by atoms with E-state index in [1.807, 2.05) is 35.1 Å². The number of nitriles is 1. The third kappa shape index (κ3) is 3.63. The van der Waals surface area contributed by atoms with E-state index in [1.54, 1.807) is 16.6 Å². The molecule has 2 saturated heterocycles. The fourth-order valence-corrected chi connectivity index (χ4v) is 5.32. The van der Waals surface area contributed by atoms with E-state index in [0.29, 0.717) is 42.3 Å². The zero-order valence-corrected chi connectivity index (χ0v) is 19.4. The molecule has 0 spiro atoms. The standard InChI is InChI=1S/C25H26N6O4/c1-15-11-31-22(27-24(15)29-12-16(10-26)20(32)13-29)9-18(28-31)19-6-2-3-8-30(19)25(33)17-5-4-7-21-23(17)35-14-34-21/h4-5,7,9,11,16,19-20,32H,2-3,6,8,12-14H2,1H3. The van der Waals surface area contributed by atoms with Crippen LogP contribution in [0.3, 0.4) is 0 Å². The number of hydrogen-bond donors (Lipinski definition) is 1. The number of fused-ring (bicyclic) bond motifs is 2. The smallest absolute Gasteiger partial charge is 0.258 e. The first-order chi connectivity index (χ1) is 17.0. The van der Waals surface area contributed by atoms with Gasteiger partial charge in [0.15, 0.2) is 17.1 Å². The Bertz CT molecular complexity index is 1350. The average Bonchev–Trinajstić information content (AvgIpc) is 3.60. The van der Waals surface area contributed by atoms with Gasteiger partial charge in [0.2, 0.25) is 6.79 Å². The van der Waals surface area contributed by atoms with Crippen LogP contribution in [-0.2, 0) is 0 Å². The third-order valence-corrected chi connectivity index (χ3v) is 7.11. The van der Waals surface area contributed by atoms with E-state index in [2.05, 4.69) is 6.07 Å². The summed E-state index contributed by atoms with van der Waals surface area (Å²) in [6.07, 6.45) is 3.98. The highest BCUT2D eigenvalue weighted by atomic mass is 16.7. The first kappa shape index (κ1) is 21.7. The van der Waals surface area contributed by atoms with E-state index < -0.39 is 12.0 Å². The zero-order valence-electron chi connectivity index (χ0n) is 19.4. The molecule has 5 heterocycles. The Morgan fingerprint density at radius 2 is 2.14 bits per heavy atom. The number of ether oxygens (including phenoxy) is 2. The number of benzene rings is 1. The topological polar surface area (TPSA) is 116 Å². The molecule has 10 heteroatoms. The van der Waals surface area contributed by atoms with Crippen LogP contribution in [-0.4, -0.2) is 63.0 Å². The minimum atomic E-state index is -0.687. The van der Waals surface area contributed by atoms with Crippen LogP contribution in [0.4, 0.5) is 5.82 Å². The maximum absolute atomic E-state index is 13.6. The summed E-state index contributed by atoms with van der Waals surface area (Å²) in [5.41, 5.74) is 2.88. The quantitative estimate of drug-likeness (QED) is 0.615. The van der Waals surface area contributed by atoms with Crippen LogP contribution in [0, 0.1) is 24.2 Å². The van der Waals surface area contributed by atoms with Crippen molar-refractivity contribution in [2.45, 2.75) is 38.3 Å². The molecule has 10 nitrogen and oxygen atoms in total. The number of piperidine rings is 1. The Balaban J connectivity index is 1.32. The lowest BCUT2D eigenvalue weighted by Crippen LogP contribution is -2.38. The zero-order chi connectivity index (χ0) is 24.1. The Labute approximate surface area is 202 Å². The lowest BCUT2D eigenvalue weighted by atomic mass is 9.98. The van der Waals surface area contributed by atoms with Gasteiger partial charge in [-0.25, -0.2) is 9.50 Å². The number of aromatic nitrogens is 3. The van der Waals surface area contributed by atoms with Crippen molar-refractivity contribution >= 4 is 17.4 Å². The molecule has 1 aromatic carbocycles. The first-order valence-electron chi connectivity index (χ1n) is 11.9. The van der Waals surface area contributed by atoms with E-state index in [-0.39, 0.29) is 18.7 Å². The molecule has 1 N–H and O–H groups in total. The van der Waals surface area contributed by atoms with Crippen LogP contribution in [0.25, 0.3) is 5.65 Å². The van der Waals surface area contributed by atoms with Crippen LogP contribution < -0.4 is 14.4 Å². The molecular weight excluding hydrogens is 448 g/mol. The van der Waals surface area contributed by atoms with E-state index in [0.717, 1.165) is 36.3 Å². The number of carbonyl (C=O) groups is 1. The highest BCUT2D eigenvalue weighted by Gasteiger charge is 2.35. The summed E-state index contributed by atoms with van der Waals surface area (Å²) < 4.78 is 12.8. The van der Waals surface area contributed by atoms with E-state index in [9.17, 15) is 15.2 Å². The number of likely N-dealkylation sites (tertiary alicyclic amines) is 1. The molecule has 2 fully saturated rings. The fourth-order valence-electron chi connectivity index (χ4n) is 5.32. The Morgan fingerprint density at radius 1 is 1.26 bits per heavy atom. The number of aliphatic hydroxyl groups is 1. The second-order valence-electron chi connectivity index (χ2n) is 9.38. The monoisotopic (exact) mass is 474 g/mol. The number of para-hydroxylation sites is 1. The highest BCUT2D eigenvalue weighted by molar-refractivity contribution is 5.98. The number of β-amino-alcohol motifs (C(OH)–C–C–N with tert-alkyl or cyclic N) is 1. The second kappa shape index (κ2) is 8.43. The van der Waals surface area contributed by atoms with Gasteiger partial charge in [0, 0.05) is 37.5 Å². The van der Waals surface area contributed by atoms with E-state index in [1.165, 1.54) is 0 Å². The largest absolute Gasteiger partial charge is 0.454 e. The van der Waals surface area contributed by atoms with Gasteiger partial charge in [0.25, 0.3) is 5.91 Å². The van der Waals surface area contributed by atoms with Crippen LogP contribution >= 0.6 is 0 Å². The van der Waals surface area contributed by atoms with Gasteiger partial charge in [-0.15, -0.1) is 0 Å². The second-order valence-corrected chi connectivity index (χ2v) is 9.38. The van der Waals surface area contributed by atoms with Crippen molar-refractivity contribution in [1.29, 1.82) is 5.26 Å². The van der Waals surface area contributed by atoms with Crippen molar-refractivity contribution in [3.8, 4) is 17.6 Å². The van der Waals surface area contributed by atoms with Crippen molar-refractivity contribution < 1.29 is 19.4 Å². The van der Waals surface area contributed by atoms with Crippen molar-refractivity contribution in [2.24, 2.45) is 5.92 Å². The van der Waals surface area contributed by atoms with Crippen molar-refractivity contribution in [3.63, 3.8) is 0 Å². The van der Waals surface area contributed by atoms with Crippen LogP contribution in [0.5, 0.6) is 11.5 Å². The van der Waals surface area contributed by atoms with Gasteiger partial charge < -0.3 is 24.4 Å². The SMILES string of the molecule is Cc1cn2nc(C3CCCCN3C(=O)c3cccc4c3OCO4)cc2nc1N1CC(O)C(C#N)C1. The normalized spacial score (nSPS) is 23.6. The van der Waals surface area contributed by atoms with Gasteiger partial charge in [-0.2, -0.15) is 10.4 Å². The number of amides is 1.